The first-order valence-electron chi connectivity index (χ1n) is 8.16. The average Bonchev–Trinajstić information content (AvgIpc) is 2.71. The Morgan fingerprint density at radius 1 is 0.846 bits per heavy atom. The summed E-state index contributed by atoms with van der Waals surface area (Å²) in [4.78, 5) is 25.3. The number of pyridine rings is 1. The van der Waals surface area contributed by atoms with Crippen LogP contribution in [0.25, 0.3) is 17.2 Å². The van der Waals surface area contributed by atoms with Crippen molar-refractivity contribution in [2.24, 2.45) is 0 Å². The molecule has 6 nitrogen and oxygen atoms in total. The molecule has 0 aliphatic heterocycles. The van der Waals surface area contributed by atoms with Gasteiger partial charge in [-0.1, -0.05) is 30.3 Å². The van der Waals surface area contributed by atoms with Crippen molar-refractivity contribution in [1.29, 1.82) is 0 Å². The Balaban J connectivity index is 1.89. The molecule has 3 heterocycles. The third-order valence-electron chi connectivity index (χ3n) is 3.94. The molecule has 0 amide bonds. The van der Waals surface area contributed by atoms with Crippen LogP contribution in [-0.2, 0) is 6.42 Å². The van der Waals surface area contributed by atoms with Gasteiger partial charge < -0.3 is 0 Å². The van der Waals surface area contributed by atoms with Gasteiger partial charge in [0.1, 0.15) is 0 Å². The molecule has 26 heavy (non-hydrogen) atoms. The molecule has 0 fully saturated rings. The Labute approximate surface area is 149 Å². The molecule has 0 aliphatic rings. The van der Waals surface area contributed by atoms with Gasteiger partial charge in [0.2, 0.25) is 0 Å². The van der Waals surface area contributed by atoms with Gasteiger partial charge in [-0.25, -0.2) is 9.97 Å². The number of hydrogen-bond acceptors (Lipinski definition) is 5. The summed E-state index contributed by atoms with van der Waals surface area (Å²) < 4.78 is 1.26. The predicted molar refractivity (Wildman–Crippen MR) is 97.9 cm³/mol. The number of rotatable bonds is 4. The minimum Gasteiger partial charge on any atom is -0.267 e. The Kier molecular flexibility index (Phi) is 4.30. The van der Waals surface area contributed by atoms with Crippen molar-refractivity contribution in [2.75, 3.05) is 0 Å². The lowest BCUT2D eigenvalue weighted by Gasteiger charge is -2.09. The fourth-order valence-electron chi connectivity index (χ4n) is 2.69. The zero-order valence-corrected chi connectivity index (χ0v) is 13.9. The van der Waals surface area contributed by atoms with Gasteiger partial charge >= 0.3 is 0 Å². The molecule has 0 saturated carbocycles. The maximum atomic E-state index is 13.0. The first-order valence-corrected chi connectivity index (χ1v) is 8.16. The van der Waals surface area contributed by atoms with E-state index < -0.39 is 0 Å². The summed E-state index contributed by atoms with van der Waals surface area (Å²) >= 11 is 0. The molecule has 0 atom stereocenters. The lowest BCUT2D eigenvalue weighted by molar-refractivity contribution is 0.744. The minimum absolute atomic E-state index is 0.224. The normalized spacial score (nSPS) is 10.6. The summed E-state index contributed by atoms with van der Waals surface area (Å²) in [6, 6.07) is 17.1. The topological polar surface area (TPSA) is 73.6 Å². The fraction of sp³-hybridized carbons (Fsp3) is 0.0500. The molecule has 0 radical (unpaired) electrons. The van der Waals surface area contributed by atoms with Crippen LogP contribution in [0.4, 0.5) is 0 Å². The molecule has 0 bridgehead atoms. The van der Waals surface area contributed by atoms with Gasteiger partial charge in [0, 0.05) is 42.3 Å². The van der Waals surface area contributed by atoms with Gasteiger partial charge in [0.05, 0.1) is 5.69 Å². The zero-order valence-electron chi connectivity index (χ0n) is 13.9. The highest BCUT2D eigenvalue weighted by molar-refractivity contribution is 5.58. The molecule has 126 valence electrons. The summed E-state index contributed by atoms with van der Waals surface area (Å²) in [6.45, 7) is 0. The van der Waals surface area contributed by atoms with Crippen LogP contribution in [0.5, 0.6) is 0 Å². The van der Waals surface area contributed by atoms with Crippen LogP contribution in [0, 0.1) is 0 Å². The third kappa shape index (κ3) is 3.25. The SMILES string of the molecule is O=c1c(Cc2ccccc2)cc(-c2ccncc2)nn1-c1ncccn1. The molecule has 4 aromatic rings. The number of benzene rings is 1. The molecule has 0 saturated heterocycles. The van der Waals surface area contributed by atoms with Crippen LogP contribution in [-0.4, -0.2) is 24.7 Å². The molecule has 0 aliphatic carbocycles. The Bertz CT molecular complexity index is 1060. The molecule has 3 aromatic heterocycles. The maximum absolute atomic E-state index is 13.0. The van der Waals surface area contributed by atoms with E-state index in [1.54, 1.807) is 30.9 Å². The van der Waals surface area contributed by atoms with Crippen molar-refractivity contribution in [3.05, 3.63) is 101 Å². The Morgan fingerprint density at radius 2 is 1.58 bits per heavy atom. The van der Waals surface area contributed by atoms with Gasteiger partial charge in [0.15, 0.2) is 0 Å². The summed E-state index contributed by atoms with van der Waals surface area (Å²) in [5, 5.41) is 4.47. The second-order valence-electron chi connectivity index (χ2n) is 5.72. The number of hydrogen-bond donors (Lipinski definition) is 0. The van der Waals surface area contributed by atoms with Crippen LogP contribution < -0.4 is 5.56 Å². The molecule has 0 N–H and O–H groups in total. The van der Waals surface area contributed by atoms with E-state index >= 15 is 0 Å². The quantitative estimate of drug-likeness (QED) is 0.570. The van der Waals surface area contributed by atoms with Gasteiger partial charge in [-0.15, -0.1) is 0 Å². The predicted octanol–water partition coefficient (Wildman–Crippen LogP) is 2.68. The minimum atomic E-state index is -0.224. The standard InChI is InChI=1S/C20H15N5O/c26-19-17(13-15-5-2-1-3-6-15)14-18(16-7-11-21-12-8-16)24-25(19)20-22-9-4-10-23-20/h1-12,14H,13H2. The van der Waals surface area contributed by atoms with Crippen LogP contribution in [0.3, 0.4) is 0 Å². The molecule has 1 aromatic carbocycles. The van der Waals surface area contributed by atoms with Crippen LogP contribution >= 0.6 is 0 Å². The molecule has 0 spiro atoms. The Hall–Kier alpha value is -3.67. The van der Waals surface area contributed by atoms with Crippen LogP contribution in [0.1, 0.15) is 11.1 Å². The van der Waals surface area contributed by atoms with Crippen LogP contribution in [0.15, 0.2) is 84.2 Å². The monoisotopic (exact) mass is 341 g/mol. The van der Waals surface area contributed by atoms with E-state index in [4.69, 9.17) is 0 Å². The largest absolute Gasteiger partial charge is 0.277 e. The lowest BCUT2D eigenvalue weighted by atomic mass is 10.0. The van der Waals surface area contributed by atoms with E-state index in [1.807, 2.05) is 48.5 Å². The van der Waals surface area contributed by atoms with E-state index in [0.717, 1.165) is 11.1 Å². The highest BCUT2D eigenvalue weighted by Gasteiger charge is 2.13. The smallest absolute Gasteiger partial charge is 0.267 e. The van der Waals surface area contributed by atoms with Gasteiger partial charge in [-0.05, 0) is 29.8 Å². The van der Waals surface area contributed by atoms with Gasteiger partial charge in [0.25, 0.3) is 11.5 Å². The summed E-state index contributed by atoms with van der Waals surface area (Å²) in [7, 11) is 0. The van der Waals surface area contributed by atoms with Gasteiger partial charge in [-0.2, -0.15) is 9.78 Å². The highest BCUT2D eigenvalue weighted by atomic mass is 16.1. The van der Waals surface area contributed by atoms with Crippen molar-refractivity contribution in [3.63, 3.8) is 0 Å². The third-order valence-corrected chi connectivity index (χ3v) is 3.94. The van der Waals surface area contributed by atoms with Crippen molar-refractivity contribution in [2.45, 2.75) is 6.42 Å². The Morgan fingerprint density at radius 3 is 2.31 bits per heavy atom. The van der Waals surface area contributed by atoms with E-state index in [-0.39, 0.29) is 11.5 Å². The van der Waals surface area contributed by atoms with Crippen molar-refractivity contribution < 1.29 is 0 Å². The number of aromatic nitrogens is 5. The summed E-state index contributed by atoms with van der Waals surface area (Å²) in [6.07, 6.45) is 7.08. The molecule has 0 unspecified atom stereocenters. The zero-order chi connectivity index (χ0) is 17.8. The molecule has 6 heteroatoms. The summed E-state index contributed by atoms with van der Waals surface area (Å²) in [5.74, 6) is 0.253. The molecular weight excluding hydrogens is 326 g/mol. The van der Waals surface area contributed by atoms with Crippen LogP contribution in [0.2, 0.25) is 0 Å². The van der Waals surface area contributed by atoms with Gasteiger partial charge in [-0.3, -0.25) is 9.78 Å². The molecule has 4 rings (SSSR count). The van der Waals surface area contributed by atoms with E-state index in [9.17, 15) is 4.79 Å². The average molecular weight is 341 g/mol. The second-order valence-corrected chi connectivity index (χ2v) is 5.72. The second kappa shape index (κ2) is 7.06. The highest BCUT2D eigenvalue weighted by Crippen LogP contribution is 2.17. The van der Waals surface area contributed by atoms with E-state index in [0.29, 0.717) is 17.7 Å². The molecular formula is C20H15N5O. The van der Waals surface area contributed by atoms with Crippen molar-refractivity contribution in [3.8, 4) is 17.2 Å². The van der Waals surface area contributed by atoms with E-state index in [2.05, 4.69) is 20.1 Å². The fourth-order valence-corrected chi connectivity index (χ4v) is 2.69. The van der Waals surface area contributed by atoms with E-state index in [1.165, 1.54) is 4.68 Å². The summed E-state index contributed by atoms with van der Waals surface area (Å²) in [5.41, 5.74) is 3.00. The van der Waals surface area contributed by atoms with Crippen molar-refractivity contribution >= 4 is 0 Å². The lowest BCUT2D eigenvalue weighted by Crippen LogP contribution is -2.27. The maximum Gasteiger partial charge on any atom is 0.277 e. The first kappa shape index (κ1) is 15.8. The van der Waals surface area contributed by atoms with Crippen molar-refractivity contribution in [1.82, 2.24) is 24.7 Å². The first-order chi connectivity index (χ1) is 12.8. The number of nitrogens with zero attached hydrogens (tertiary/aromatic N) is 5.